The largest absolute Gasteiger partial charge is 1.00 e. The van der Waals surface area contributed by atoms with Gasteiger partial charge in [-0.2, -0.15) is 0 Å². The van der Waals surface area contributed by atoms with Crippen LogP contribution in [0.25, 0.3) is 0 Å². The van der Waals surface area contributed by atoms with Gasteiger partial charge in [0.15, 0.2) is 0 Å². The van der Waals surface area contributed by atoms with Crippen molar-refractivity contribution >= 4 is 11.9 Å². The maximum atomic E-state index is 11.1. The minimum absolute atomic E-state index is 0. The van der Waals surface area contributed by atoms with E-state index in [0.717, 1.165) is 5.56 Å². The van der Waals surface area contributed by atoms with Gasteiger partial charge in [0.1, 0.15) is 0 Å². The van der Waals surface area contributed by atoms with Crippen molar-refractivity contribution < 1.29 is 39.5 Å². The van der Waals surface area contributed by atoms with Gasteiger partial charge in [0.25, 0.3) is 0 Å². The molecular formula is C10H9N2NaO2. The molecule has 0 spiro atoms. The number of nitrogens with zero attached hydrogens (tertiary/aromatic N) is 1. The van der Waals surface area contributed by atoms with Crippen LogP contribution in [0.2, 0.25) is 0 Å². The van der Waals surface area contributed by atoms with Crippen molar-refractivity contribution in [3.63, 3.8) is 0 Å². The zero-order chi connectivity index (χ0) is 9.97. The Kier molecular flexibility index (Phi) is 4.32. The molecule has 1 aliphatic rings. The molecule has 0 radical (unpaired) electrons. The van der Waals surface area contributed by atoms with Gasteiger partial charge in [0.2, 0.25) is 0 Å². The molecule has 1 unspecified atom stereocenters. The smallest absolute Gasteiger partial charge is 0.860 e. The molecule has 0 bridgehead atoms. The predicted octanol–water partition coefficient (Wildman–Crippen LogP) is -2.92. The number of amides is 2. The Labute approximate surface area is 110 Å². The summed E-state index contributed by atoms with van der Waals surface area (Å²) in [5.74, 6) is -0.376. The molecule has 5 heteroatoms. The van der Waals surface area contributed by atoms with Crippen molar-refractivity contribution in [3.8, 4) is 0 Å². The number of hydrogen-bond donors (Lipinski definition) is 1. The van der Waals surface area contributed by atoms with Gasteiger partial charge >= 0.3 is 35.6 Å². The molecule has 1 N–H and O–H groups in total. The van der Waals surface area contributed by atoms with E-state index in [1.807, 2.05) is 30.3 Å². The number of aliphatic imine (C=N–C) groups is 1. The third-order valence-electron chi connectivity index (χ3n) is 2.09. The summed E-state index contributed by atoms with van der Waals surface area (Å²) in [6.07, 6.45) is 0.509. The first kappa shape index (κ1) is 12.2. The predicted molar refractivity (Wildman–Crippen MR) is 49.9 cm³/mol. The molecule has 2 amide bonds. The van der Waals surface area contributed by atoms with Crippen LogP contribution in [0.5, 0.6) is 0 Å². The van der Waals surface area contributed by atoms with Gasteiger partial charge in [-0.05, 0) is 17.9 Å². The fraction of sp³-hybridized carbons (Fsp3) is 0.200. The van der Waals surface area contributed by atoms with Gasteiger partial charge in [0.05, 0.1) is 6.04 Å². The summed E-state index contributed by atoms with van der Waals surface area (Å²) in [5.41, 5.74) is 1.02. The van der Waals surface area contributed by atoms with Crippen molar-refractivity contribution in [1.29, 1.82) is 0 Å². The molecule has 0 aromatic heterocycles. The summed E-state index contributed by atoms with van der Waals surface area (Å²) in [4.78, 5) is 14.0. The average molecular weight is 212 g/mol. The SMILES string of the molecule is O=C1N=C([O-])C(Cc2ccccc2)N1.[Na+]. The molecule has 1 atom stereocenters. The van der Waals surface area contributed by atoms with E-state index < -0.39 is 12.1 Å². The summed E-state index contributed by atoms with van der Waals surface area (Å²) < 4.78 is 0. The van der Waals surface area contributed by atoms with Crippen molar-refractivity contribution in [2.75, 3.05) is 0 Å². The molecule has 1 aliphatic heterocycles. The minimum Gasteiger partial charge on any atom is -0.860 e. The van der Waals surface area contributed by atoms with Crippen LogP contribution in [-0.2, 0) is 6.42 Å². The second-order valence-corrected chi connectivity index (χ2v) is 3.14. The van der Waals surface area contributed by atoms with Crippen molar-refractivity contribution in [1.82, 2.24) is 5.32 Å². The summed E-state index contributed by atoms with van der Waals surface area (Å²) in [7, 11) is 0. The normalized spacial score (nSPS) is 19.1. The number of carbonyl (C=O) groups is 1. The molecule has 1 aromatic rings. The number of nitrogens with one attached hydrogen (secondary N) is 1. The van der Waals surface area contributed by atoms with E-state index in [1.165, 1.54) is 0 Å². The van der Waals surface area contributed by atoms with E-state index in [9.17, 15) is 9.90 Å². The minimum atomic E-state index is -0.532. The maximum absolute atomic E-state index is 11.1. The van der Waals surface area contributed by atoms with E-state index in [-0.39, 0.29) is 35.5 Å². The van der Waals surface area contributed by atoms with Crippen molar-refractivity contribution in [2.45, 2.75) is 12.5 Å². The second-order valence-electron chi connectivity index (χ2n) is 3.14. The van der Waals surface area contributed by atoms with Crippen LogP contribution in [0.1, 0.15) is 5.56 Å². The summed E-state index contributed by atoms with van der Waals surface area (Å²) in [6, 6.07) is 8.51. The van der Waals surface area contributed by atoms with E-state index >= 15 is 0 Å². The zero-order valence-corrected chi connectivity index (χ0v) is 10.4. The molecule has 2 rings (SSSR count). The standard InChI is InChI=1S/C10H10N2O2.Na/c13-9-8(11-10(14)12-9)6-7-4-2-1-3-5-7;/h1-5,8H,6H2,(H2,11,12,13,14);/q;+1/p-1. The first-order valence-electron chi connectivity index (χ1n) is 4.36. The Morgan fingerprint density at radius 2 is 2.00 bits per heavy atom. The van der Waals surface area contributed by atoms with Gasteiger partial charge < -0.3 is 10.4 Å². The zero-order valence-electron chi connectivity index (χ0n) is 8.43. The van der Waals surface area contributed by atoms with E-state index in [2.05, 4.69) is 10.3 Å². The third-order valence-corrected chi connectivity index (χ3v) is 2.09. The Morgan fingerprint density at radius 1 is 1.33 bits per heavy atom. The first-order valence-corrected chi connectivity index (χ1v) is 4.36. The summed E-state index contributed by atoms with van der Waals surface area (Å²) >= 11 is 0. The fourth-order valence-corrected chi connectivity index (χ4v) is 1.41. The van der Waals surface area contributed by atoms with Crippen LogP contribution >= 0.6 is 0 Å². The Balaban J connectivity index is 0.00000112. The number of urea groups is 1. The summed E-state index contributed by atoms with van der Waals surface area (Å²) in [6.45, 7) is 0. The van der Waals surface area contributed by atoms with Crippen molar-refractivity contribution in [2.24, 2.45) is 4.99 Å². The number of carbonyl (C=O) groups excluding carboxylic acids is 1. The number of benzene rings is 1. The first-order chi connectivity index (χ1) is 6.75. The van der Waals surface area contributed by atoms with E-state index in [0.29, 0.717) is 6.42 Å². The summed E-state index contributed by atoms with van der Waals surface area (Å²) in [5, 5.41) is 13.6. The molecule has 4 nitrogen and oxygen atoms in total. The van der Waals surface area contributed by atoms with E-state index in [4.69, 9.17) is 0 Å². The van der Waals surface area contributed by atoms with Gasteiger partial charge in [0, 0.05) is 0 Å². The van der Waals surface area contributed by atoms with Gasteiger partial charge in [-0.25, -0.2) is 9.79 Å². The average Bonchev–Trinajstić information content (AvgIpc) is 2.47. The van der Waals surface area contributed by atoms with Gasteiger partial charge in [-0.3, -0.25) is 0 Å². The molecule has 72 valence electrons. The van der Waals surface area contributed by atoms with Crippen LogP contribution < -0.4 is 40.0 Å². The second kappa shape index (κ2) is 5.30. The molecule has 0 aliphatic carbocycles. The van der Waals surface area contributed by atoms with Crippen LogP contribution in [-0.4, -0.2) is 18.0 Å². The number of hydrogen-bond acceptors (Lipinski definition) is 2. The van der Waals surface area contributed by atoms with Crippen LogP contribution in [0.15, 0.2) is 35.3 Å². The van der Waals surface area contributed by atoms with Crippen LogP contribution in [0, 0.1) is 0 Å². The molecule has 1 aromatic carbocycles. The molecule has 15 heavy (non-hydrogen) atoms. The molecule has 1 heterocycles. The van der Waals surface area contributed by atoms with Gasteiger partial charge in [-0.15, -0.1) is 0 Å². The Hall–Kier alpha value is -0.840. The molecule has 0 saturated carbocycles. The maximum Gasteiger partial charge on any atom is 1.00 e. The quantitative estimate of drug-likeness (QED) is 0.534. The van der Waals surface area contributed by atoms with Crippen LogP contribution in [0.4, 0.5) is 4.79 Å². The van der Waals surface area contributed by atoms with E-state index in [1.54, 1.807) is 0 Å². The van der Waals surface area contributed by atoms with Crippen molar-refractivity contribution in [3.05, 3.63) is 35.9 Å². The third kappa shape index (κ3) is 3.06. The Bertz CT molecular complexity index is 378. The monoisotopic (exact) mass is 212 g/mol. The van der Waals surface area contributed by atoms with Gasteiger partial charge in [-0.1, -0.05) is 30.3 Å². The Morgan fingerprint density at radius 3 is 2.53 bits per heavy atom. The van der Waals surface area contributed by atoms with Crippen LogP contribution in [0.3, 0.4) is 0 Å². The fourth-order valence-electron chi connectivity index (χ4n) is 1.41. The molecular weight excluding hydrogens is 203 g/mol. The molecule has 0 saturated heterocycles. The number of rotatable bonds is 2. The topological polar surface area (TPSA) is 64.5 Å². The molecule has 0 fully saturated rings.